The van der Waals surface area contributed by atoms with Crippen molar-refractivity contribution in [1.29, 1.82) is 0 Å². The molecule has 78 valence electrons. The first-order valence-corrected chi connectivity index (χ1v) is 5.94. The monoisotopic (exact) mass is 309 g/mol. The van der Waals surface area contributed by atoms with Crippen LogP contribution in [-0.2, 0) is 0 Å². The molecule has 1 heterocycles. The van der Waals surface area contributed by atoms with Gasteiger partial charge in [0.25, 0.3) is 0 Å². The average molecular weight is 310 g/mol. The van der Waals surface area contributed by atoms with Gasteiger partial charge in [-0.15, -0.1) is 37.9 Å². The second kappa shape index (κ2) is 5.60. The van der Waals surface area contributed by atoms with Crippen LogP contribution >= 0.6 is 74.5 Å². The van der Waals surface area contributed by atoms with Gasteiger partial charge in [0.15, 0.2) is 17.5 Å². The zero-order valence-electron chi connectivity index (χ0n) is 6.91. The lowest BCUT2D eigenvalue weighted by atomic mass is 10.5. The molecule has 0 aliphatic heterocycles. The summed E-state index contributed by atoms with van der Waals surface area (Å²) in [5, 5.41) is 0. The van der Waals surface area contributed by atoms with Crippen LogP contribution in [0, 0.1) is 0 Å². The van der Waals surface area contributed by atoms with Gasteiger partial charge < -0.3 is 0 Å². The first kappa shape index (κ1) is 13.4. The van der Waals surface area contributed by atoms with Gasteiger partial charge in [0.2, 0.25) is 0 Å². The standard InChI is InChI=1S/C6H3N3S6/c10-4(11)1-7-2(5(12)13)9-3(8-1)6(14)15/h(H,10,11)(H,12,13)(H,14,15). The lowest BCUT2D eigenvalue weighted by molar-refractivity contribution is 1.01. The van der Waals surface area contributed by atoms with Gasteiger partial charge in [-0.1, -0.05) is 36.7 Å². The van der Waals surface area contributed by atoms with Crippen LogP contribution in [0.1, 0.15) is 17.5 Å². The normalized spacial score (nSPS) is 9.80. The predicted molar refractivity (Wildman–Crippen MR) is 81.9 cm³/mol. The molecule has 0 aliphatic carbocycles. The Morgan fingerprint density at radius 2 is 0.867 bits per heavy atom. The van der Waals surface area contributed by atoms with Gasteiger partial charge in [-0.05, 0) is 0 Å². The maximum absolute atomic E-state index is 4.83. The highest BCUT2D eigenvalue weighted by Gasteiger charge is 2.11. The molecule has 0 radical (unpaired) electrons. The van der Waals surface area contributed by atoms with E-state index in [1.54, 1.807) is 0 Å². The number of rotatable bonds is 3. The summed E-state index contributed by atoms with van der Waals surface area (Å²) in [5.41, 5.74) is 0. The summed E-state index contributed by atoms with van der Waals surface area (Å²) < 4.78 is 0.692. The van der Waals surface area contributed by atoms with E-state index >= 15 is 0 Å². The second-order valence-electron chi connectivity index (χ2n) is 2.22. The Balaban J connectivity index is 3.39. The van der Waals surface area contributed by atoms with Gasteiger partial charge in [0.1, 0.15) is 12.6 Å². The summed E-state index contributed by atoms with van der Waals surface area (Å²) in [6.07, 6.45) is 0. The van der Waals surface area contributed by atoms with Crippen LogP contribution < -0.4 is 0 Å². The van der Waals surface area contributed by atoms with Crippen molar-refractivity contribution in [3.05, 3.63) is 17.5 Å². The molecule has 0 saturated heterocycles. The fourth-order valence-electron chi connectivity index (χ4n) is 0.663. The Labute approximate surface area is 119 Å². The van der Waals surface area contributed by atoms with Crippen molar-refractivity contribution in [3.8, 4) is 0 Å². The van der Waals surface area contributed by atoms with Crippen molar-refractivity contribution in [1.82, 2.24) is 15.0 Å². The molecule has 1 aromatic heterocycles. The topological polar surface area (TPSA) is 38.7 Å². The summed E-state index contributed by atoms with van der Waals surface area (Å²) in [4.78, 5) is 11.9. The van der Waals surface area contributed by atoms with Gasteiger partial charge in [-0.25, -0.2) is 15.0 Å². The van der Waals surface area contributed by atoms with E-state index in [-0.39, 0.29) is 30.1 Å². The molecule has 0 N–H and O–H groups in total. The summed E-state index contributed by atoms with van der Waals surface area (Å²) in [5.74, 6) is 0.711. The zero-order chi connectivity index (χ0) is 11.6. The highest BCUT2D eigenvalue weighted by atomic mass is 32.1. The molecule has 1 aromatic rings. The maximum atomic E-state index is 4.83. The Bertz CT molecular complexity index is 377. The first-order chi connectivity index (χ1) is 6.91. The number of thiol groups is 3. The van der Waals surface area contributed by atoms with E-state index in [9.17, 15) is 0 Å². The maximum Gasteiger partial charge on any atom is 0.181 e. The Morgan fingerprint density at radius 3 is 1.00 bits per heavy atom. The highest BCUT2D eigenvalue weighted by molar-refractivity contribution is 8.12. The summed E-state index contributed by atoms with van der Waals surface area (Å²) >= 11 is 26.4. The molecule has 0 amide bonds. The Kier molecular flexibility index (Phi) is 5.00. The largest absolute Gasteiger partial charge is 0.205 e. The highest BCUT2D eigenvalue weighted by Crippen LogP contribution is 2.06. The molecular weight excluding hydrogens is 306 g/mol. The van der Waals surface area contributed by atoms with Crippen molar-refractivity contribution in [2.24, 2.45) is 0 Å². The van der Waals surface area contributed by atoms with Crippen LogP contribution in [0.25, 0.3) is 0 Å². The van der Waals surface area contributed by atoms with Crippen LogP contribution in [0.3, 0.4) is 0 Å². The third kappa shape index (κ3) is 3.68. The zero-order valence-corrected chi connectivity index (χ0v) is 12.0. The van der Waals surface area contributed by atoms with E-state index in [4.69, 9.17) is 36.7 Å². The molecule has 9 heteroatoms. The smallest absolute Gasteiger partial charge is 0.181 e. The minimum Gasteiger partial charge on any atom is -0.205 e. The van der Waals surface area contributed by atoms with E-state index in [0.29, 0.717) is 0 Å². The van der Waals surface area contributed by atoms with Crippen LogP contribution in [0.4, 0.5) is 0 Å². The average Bonchev–Trinajstić information content (AvgIpc) is 2.16. The van der Waals surface area contributed by atoms with Crippen LogP contribution in [0.5, 0.6) is 0 Å². The van der Waals surface area contributed by atoms with Gasteiger partial charge in [-0.3, -0.25) is 0 Å². The number of aromatic nitrogens is 3. The Morgan fingerprint density at radius 1 is 0.667 bits per heavy atom. The van der Waals surface area contributed by atoms with Gasteiger partial charge in [0.05, 0.1) is 0 Å². The molecule has 15 heavy (non-hydrogen) atoms. The van der Waals surface area contributed by atoms with Crippen LogP contribution in [0.15, 0.2) is 0 Å². The molecule has 1 rings (SSSR count). The van der Waals surface area contributed by atoms with Crippen molar-refractivity contribution < 1.29 is 0 Å². The predicted octanol–water partition coefficient (Wildman–Crippen LogP) is 1.69. The SMILES string of the molecule is S=C(S)c1nc(C(=S)S)nc(C(=S)S)n1. The third-order valence-corrected chi connectivity index (χ3v) is 2.36. The number of thiocarbonyl (C=S) groups is 3. The van der Waals surface area contributed by atoms with Crippen LogP contribution in [0.2, 0.25) is 0 Å². The molecule has 0 saturated carbocycles. The molecule has 0 fully saturated rings. The third-order valence-electron chi connectivity index (χ3n) is 1.21. The van der Waals surface area contributed by atoms with Crippen molar-refractivity contribution >= 4 is 87.1 Å². The van der Waals surface area contributed by atoms with Gasteiger partial charge in [0, 0.05) is 0 Å². The van der Waals surface area contributed by atoms with Crippen molar-refractivity contribution in [3.63, 3.8) is 0 Å². The van der Waals surface area contributed by atoms with Gasteiger partial charge in [-0.2, -0.15) is 0 Å². The first-order valence-electron chi connectivity index (χ1n) is 3.37. The van der Waals surface area contributed by atoms with E-state index in [1.165, 1.54) is 0 Å². The second-order valence-corrected chi connectivity index (χ2v) is 5.70. The van der Waals surface area contributed by atoms with Crippen molar-refractivity contribution in [2.45, 2.75) is 0 Å². The minimum absolute atomic E-state index is 0.231. The van der Waals surface area contributed by atoms with Crippen molar-refractivity contribution in [2.75, 3.05) is 0 Å². The molecular formula is C6H3N3S6. The minimum atomic E-state index is 0.231. The summed E-state index contributed by atoms with van der Waals surface area (Å²) in [6.45, 7) is 0. The summed E-state index contributed by atoms with van der Waals surface area (Å²) in [7, 11) is 0. The van der Waals surface area contributed by atoms with Gasteiger partial charge >= 0.3 is 0 Å². The lowest BCUT2D eigenvalue weighted by Gasteiger charge is -2.02. The fourth-order valence-corrected chi connectivity index (χ4v) is 1.24. The molecule has 0 atom stereocenters. The number of nitrogens with zero attached hydrogens (tertiary/aromatic N) is 3. The van der Waals surface area contributed by atoms with Crippen LogP contribution in [-0.4, -0.2) is 27.5 Å². The molecule has 0 aliphatic rings. The Hall–Kier alpha value is 0.330. The summed E-state index contributed by atoms with van der Waals surface area (Å²) in [6, 6.07) is 0. The van der Waals surface area contributed by atoms with E-state index in [1.807, 2.05) is 0 Å². The number of hydrogen-bond acceptors (Lipinski definition) is 6. The van der Waals surface area contributed by atoms with E-state index < -0.39 is 0 Å². The molecule has 3 nitrogen and oxygen atoms in total. The number of hydrogen-bond donors (Lipinski definition) is 3. The fraction of sp³-hybridized carbons (Fsp3) is 0. The quantitative estimate of drug-likeness (QED) is 0.583. The lowest BCUT2D eigenvalue weighted by Crippen LogP contribution is -2.12. The molecule has 0 aromatic carbocycles. The van der Waals surface area contributed by atoms with E-state index in [2.05, 4.69) is 52.8 Å². The molecule has 0 spiro atoms. The molecule has 0 bridgehead atoms. The molecule has 0 unspecified atom stereocenters. The van der Waals surface area contributed by atoms with E-state index in [0.717, 1.165) is 0 Å².